The molecule has 0 saturated heterocycles. The molecule has 2 aromatic carbocycles. The summed E-state index contributed by atoms with van der Waals surface area (Å²) in [6.07, 6.45) is 8.44. The van der Waals surface area contributed by atoms with Crippen molar-refractivity contribution in [2.75, 3.05) is 0 Å². The molecule has 0 amide bonds. The van der Waals surface area contributed by atoms with E-state index in [4.69, 9.17) is 0 Å². The van der Waals surface area contributed by atoms with Crippen molar-refractivity contribution in [2.45, 2.75) is 64.2 Å². The van der Waals surface area contributed by atoms with Crippen LogP contribution in [0.1, 0.15) is 122 Å². The van der Waals surface area contributed by atoms with Gasteiger partial charge in [0.1, 0.15) is 11.8 Å². The van der Waals surface area contributed by atoms with E-state index < -0.39 is 40.8 Å². The summed E-state index contributed by atoms with van der Waals surface area (Å²) in [5, 5.41) is 0. The van der Waals surface area contributed by atoms with Crippen molar-refractivity contribution in [1.82, 2.24) is 0 Å². The Kier molecular flexibility index (Phi) is 6.77. The molecule has 7 nitrogen and oxygen atoms in total. The highest BCUT2D eigenvalue weighted by Crippen LogP contribution is 2.36. The first-order chi connectivity index (χ1) is 19.3. The zero-order valence-electron chi connectivity index (χ0n) is 22.2. The lowest BCUT2D eigenvalue weighted by Gasteiger charge is -2.22. The Morgan fingerprint density at radius 3 is 1.20 bits per heavy atom. The predicted octanol–water partition coefficient (Wildman–Crippen LogP) is 5.21. The van der Waals surface area contributed by atoms with Gasteiger partial charge in [0.25, 0.3) is 0 Å². The van der Waals surface area contributed by atoms with Gasteiger partial charge >= 0.3 is 0 Å². The lowest BCUT2D eigenvalue weighted by atomic mass is 9.80. The van der Waals surface area contributed by atoms with Gasteiger partial charge in [0.2, 0.25) is 0 Å². The molecule has 0 radical (unpaired) electrons. The molecule has 204 valence electrons. The third-order valence-electron chi connectivity index (χ3n) is 9.26. The lowest BCUT2D eigenvalue weighted by Crippen LogP contribution is -2.32. The molecule has 0 bridgehead atoms. The van der Waals surface area contributed by atoms with Crippen molar-refractivity contribution in [3.05, 3.63) is 69.8 Å². The van der Waals surface area contributed by atoms with Crippen molar-refractivity contribution in [2.24, 2.45) is 23.7 Å². The summed E-state index contributed by atoms with van der Waals surface area (Å²) in [5.41, 5.74) is 0.699. The van der Waals surface area contributed by atoms with Crippen LogP contribution in [0.3, 0.4) is 0 Å². The fourth-order valence-corrected chi connectivity index (χ4v) is 7.00. The zero-order valence-corrected chi connectivity index (χ0v) is 22.2. The highest BCUT2D eigenvalue weighted by Gasteiger charge is 2.47. The fraction of sp³-hybridized carbons (Fsp3) is 0.424. The van der Waals surface area contributed by atoms with Gasteiger partial charge in [0.05, 0.1) is 0 Å². The number of hydrogen-bond donors (Lipinski definition) is 0. The topological polar surface area (TPSA) is 119 Å². The quantitative estimate of drug-likeness (QED) is 0.366. The van der Waals surface area contributed by atoms with Crippen molar-refractivity contribution < 1.29 is 33.6 Å². The van der Waals surface area contributed by atoms with E-state index in [9.17, 15) is 33.6 Å². The normalized spacial score (nSPS) is 23.3. The molecular weight excluding hydrogens is 508 g/mol. The maximum atomic E-state index is 13.4. The molecule has 2 saturated carbocycles. The van der Waals surface area contributed by atoms with Gasteiger partial charge in [-0.15, -0.1) is 0 Å². The van der Waals surface area contributed by atoms with Crippen molar-refractivity contribution >= 4 is 40.5 Å². The highest BCUT2D eigenvalue weighted by molar-refractivity contribution is 6.37. The molecule has 0 aliphatic heterocycles. The smallest absolute Gasteiger partial charge is 0.193 e. The Balaban J connectivity index is 1.24. The summed E-state index contributed by atoms with van der Waals surface area (Å²) in [6.45, 7) is 0. The summed E-state index contributed by atoms with van der Waals surface area (Å²) in [4.78, 5) is 92.0. The molecule has 2 atom stereocenters. The number of fused-ring (bicyclic) bond motifs is 2. The van der Waals surface area contributed by atoms with E-state index in [2.05, 4.69) is 0 Å². The molecular formula is C33H30O7. The molecule has 0 spiro atoms. The third-order valence-corrected chi connectivity index (χ3v) is 9.26. The standard InChI is InChI=1S/C33H30O7/c34-27(19-11-13-21-23(15-19)32(39)25(30(21)37)28(35)17-7-3-1-4-8-17)20-12-14-22-24(16-20)33(40)26(31(22)38)29(36)18-9-5-2-6-10-18/h11-18,25-26H,1-10H2. The monoisotopic (exact) mass is 538 g/mol. The fourth-order valence-electron chi connectivity index (χ4n) is 7.00. The number of carbonyl (C=O) groups is 7. The Hall–Kier alpha value is -3.87. The minimum atomic E-state index is -1.34. The van der Waals surface area contributed by atoms with Gasteiger partial charge in [-0.3, -0.25) is 33.6 Å². The average molecular weight is 539 g/mol. The van der Waals surface area contributed by atoms with Crippen LogP contribution in [0.4, 0.5) is 0 Å². The van der Waals surface area contributed by atoms with E-state index in [1.54, 1.807) is 0 Å². The summed E-state index contributed by atoms with van der Waals surface area (Å²) in [5.74, 6) is -6.55. The van der Waals surface area contributed by atoms with Crippen molar-refractivity contribution in [3.8, 4) is 0 Å². The number of hydrogen-bond acceptors (Lipinski definition) is 7. The molecule has 0 N–H and O–H groups in total. The van der Waals surface area contributed by atoms with Crippen LogP contribution in [0.5, 0.6) is 0 Å². The first-order valence-electron chi connectivity index (χ1n) is 14.3. The second-order valence-corrected chi connectivity index (χ2v) is 11.6. The second kappa shape index (κ2) is 10.3. The van der Waals surface area contributed by atoms with Gasteiger partial charge in [-0.05, 0) is 49.9 Å². The van der Waals surface area contributed by atoms with E-state index in [1.165, 1.54) is 36.4 Å². The van der Waals surface area contributed by atoms with Crippen LogP contribution >= 0.6 is 0 Å². The molecule has 2 aromatic rings. The molecule has 0 heterocycles. The Bertz CT molecular complexity index is 1390. The summed E-state index contributed by atoms with van der Waals surface area (Å²) < 4.78 is 0. The van der Waals surface area contributed by atoms with Crippen LogP contribution < -0.4 is 0 Å². The molecule has 2 unspecified atom stereocenters. The summed E-state index contributed by atoms with van der Waals surface area (Å²) >= 11 is 0. The summed E-state index contributed by atoms with van der Waals surface area (Å²) in [7, 11) is 0. The number of carbonyl (C=O) groups excluding carboxylic acids is 7. The SMILES string of the molecule is O=C(c1ccc2c(c1)C(=O)C(C(=O)C1CCCCC1)C2=O)c1ccc2c(c1)C(=O)C(C(=O)C1CCCCC1)C2=O. The van der Waals surface area contributed by atoms with Gasteiger partial charge < -0.3 is 0 Å². The van der Waals surface area contributed by atoms with Gasteiger partial charge in [0, 0.05) is 45.2 Å². The Labute approximate surface area is 231 Å². The van der Waals surface area contributed by atoms with Crippen LogP contribution in [0.25, 0.3) is 0 Å². The number of rotatable bonds is 6. The maximum absolute atomic E-state index is 13.4. The van der Waals surface area contributed by atoms with Crippen LogP contribution in [-0.4, -0.2) is 40.5 Å². The van der Waals surface area contributed by atoms with Crippen molar-refractivity contribution in [1.29, 1.82) is 0 Å². The third kappa shape index (κ3) is 4.23. The van der Waals surface area contributed by atoms with E-state index in [0.29, 0.717) is 25.7 Å². The van der Waals surface area contributed by atoms with Crippen LogP contribution in [0, 0.1) is 23.7 Å². The number of benzene rings is 2. The zero-order chi connectivity index (χ0) is 28.1. The maximum Gasteiger partial charge on any atom is 0.193 e. The van der Waals surface area contributed by atoms with E-state index in [-0.39, 0.29) is 56.8 Å². The lowest BCUT2D eigenvalue weighted by molar-refractivity contribution is -0.125. The summed E-state index contributed by atoms with van der Waals surface area (Å²) in [6, 6.07) is 8.41. The van der Waals surface area contributed by atoms with Gasteiger partial charge in [-0.1, -0.05) is 50.7 Å². The first-order valence-corrected chi connectivity index (χ1v) is 14.3. The molecule has 40 heavy (non-hydrogen) atoms. The Morgan fingerprint density at radius 1 is 0.475 bits per heavy atom. The van der Waals surface area contributed by atoms with Gasteiger partial charge in [0.15, 0.2) is 40.5 Å². The minimum Gasteiger partial charge on any atom is -0.298 e. The average Bonchev–Trinajstić information content (AvgIpc) is 3.40. The predicted molar refractivity (Wildman–Crippen MR) is 144 cm³/mol. The van der Waals surface area contributed by atoms with Crippen molar-refractivity contribution in [3.63, 3.8) is 0 Å². The van der Waals surface area contributed by atoms with Crippen LogP contribution in [0.2, 0.25) is 0 Å². The van der Waals surface area contributed by atoms with E-state index in [0.717, 1.165) is 38.5 Å². The van der Waals surface area contributed by atoms with Crippen LogP contribution in [-0.2, 0) is 9.59 Å². The molecule has 2 fully saturated rings. The minimum absolute atomic E-state index is 0.0653. The second-order valence-electron chi connectivity index (χ2n) is 11.6. The Morgan fingerprint density at radius 2 is 0.825 bits per heavy atom. The van der Waals surface area contributed by atoms with Gasteiger partial charge in [-0.2, -0.15) is 0 Å². The van der Waals surface area contributed by atoms with Gasteiger partial charge in [-0.25, -0.2) is 0 Å². The molecule has 6 rings (SSSR count). The van der Waals surface area contributed by atoms with E-state index >= 15 is 0 Å². The highest BCUT2D eigenvalue weighted by atomic mass is 16.2. The number of ketones is 7. The number of Topliss-reactive ketones (excluding diaryl/α,β-unsaturated/α-hetero) is 6. The molecule has 4 aliphatic rings. The van der Waals surface area contributed by atoms with E-state index in [1.807, 2.05) is 0 Å². The van der Waals surface area contributed by atoms with Crippen LogP contribution in [0.15, 0.2) is 36.4 Å². The molecule has 7 heteroatoms. The largest absolute Gasteiger partial charge is 0.298 e. The molecule has 0 aromatic heterocycles. The molecule has 4 aliphatic carbocycles. The first kappa shape index (κ1) is 26.4.